The summed E-state index contributed by atoms with van der Waals surface area (Å²) < 4.78 is 33.9. The Hall–Kier alpha value is -2.93. The predicted molar refractivity (Wildman–Crippen MR) is 113 cm³/mol. The van der Waals surface area contributed by atoms with Crippen LogP contribution in [0, 0.1) is 5.92 Å². The molecule has 0 spiro atoms. The van der Waals surface area contributed by atoms with Crippen molar-refractivity contribution in [2.75, 3.05) is 41.7 Å². The minimum atomic E-state index is -0.740. The second-order valence-electron chi connectivity index (χ2n) is 7.95. The lowest BCUT2D eigenvalue weighted by Gasteiger charge is -2.43. The molecule has 7 heteroatoms. The molecule has 0 unspecified atom stereocenters. The molecule has 166 valence electrons. The maximum Gasteiger partial charge on any atom is 0.303 e. The molecule has 1 saturated heterocycles. The highest BCUT2D eigenvalue weighted by atomic mass is 16.6. The first-order valence-electron chi connectivity index (χ1n) is 10.2. The molecule has 0 radical (unpaired) electrons. The summed E-state index contributed by atoms with van der Waals surface area (Å²) in [7, 11) is 6.47. The first-order chi connectivity index (χ1) is 15.0. The maximum atomic E-state index is 12.1. The second kappa shape index (κ2) is 8.30. The van der Waals surface area contributed by atoms with Gasteiger partial charge in [-0.25, -0.2) is 0 Å². The smallest absolute Gasteiger partial charge is 0.303 e. The lowest BCUT2D eigenvalue weighted by Crippen LogP contribution is -2.49. The van der Waals surface area contributed by atoms with E-state index in [9.17, 15) is 4.79 Å². The van der Waals surface area contributed by atoms with Gasteiger partial charge in [0.25, 0.3) is 0 Å². The van der Waals surface area contributed by atoms with E-state index in [2.05, 4.69) is 0 Å². The number of benzene rings is 2. The number of hydrogen-bond acceptors (Lipinski definition) is 7. The summed E-state index contributed by atoms with van der Waals surface area (Å²) in [6.07, 6.45) is 0.552. The fourth-order valence-electron chi connectivity index (χ4n) is 5.00. The third kappa shape index (κ3) is 3.57. The van der Waals surface area contributed by atoms with Crippen molar-refractivity contribution in [2.45, 2.75) is 24.9 Å². The number of methoxy groups -OCH3 is 4. The Morgan fingerprint density at radius 1 is 0.935 bits per heavy atom. The molecule has 0 amide bonds. The van der Waals surface area contributed by atoms with E-state index in [1.165, 1.54) is 6.92 Å². The van der Waals surface area contributed by atoms with Gasteiger partial charge >= 0.3 is 5.97 Å². The van der Waals surface area contributed by atoms with Gasteiger partial charge in [0.2, 0.25) is 0 Å². The molecule has 31 heavy (non-hydrogen) atoms. The highest BCUT2D eigenvalue weighted by Gasteiger charge is 2.55. The van der Waals surface area contributed by atoms with E-state index in [0.29, 0.717) is 42.6 Å². The first-order valence-corrected chi connectivity index (χ1v) is 10.2. The van der Waals surface area contributed by atoms with Gasteiger partial charge in [0.05, 0.1) is 41.7 Å². The molecular weight excluding hydrogens is 400 g/mol. The van der Waals surface area contributed by atoms with Crippen molar-refractivity contribution in [2.24, 2.45) is 5.92 Å². The second-order valence-corrected chi connectivity index (χ2v) is 7.95. The number of hydrogen-bond donors (Lipinski definition) is 0. The Kier molecular flexibility index (Phi) is 5.71. The Balaban J connectivity index is 1.93. The van der Waals surface area contributed by atoms with E-state index in [0.717, 1.165) is 16.7 Å². The van der Waals surface area contributed by atoms with Gasteiger partial charge < -0.3 is 28.4 Å². The van der Waals surface area contributed by atoms with Crippen molar-refractivity contribution in [3.8, 4) is 23.0 Å². The molecule has 2 aliphatic rings. The van der Waals surface area contributed by atoms with Crippen LogP contribution in [-0.2, 0) is 20.7 Å². The minimum Gasteiger partial charge on any atom is -0.493 e. The summed E-state index contributed by atoms with van der Waals surface area (Å²) in [5.74, 6) is 2.14. The van der Waals surface area contributed by atoms with E-state index in [1.54, 1.807) is 28.4 Å². The summed E-state index contributed by atoms with van der Waals surface area (Å²) >= 11 is 0. The van der Waals surface area contributed by atoms with Crippen molar-refractivity contribution in [3.05, 3.63) is 47.0 Å². The Bertz CT molecular complexity index is 986. The number of rotatable bonds is 6. The van der Waals surface area contributed by atoms with Gasteiger partial charge in [-0.3, -0.25) is 4.79 Å². The number of carbonyl (C=O) groups is 1. The van der Waals surface area contributed by atoms with E-state index < -0.39 is 5.60 Å². The molecule has 7 nitrogen and oxygen atoms in total. The molecule has 0 N–H and O–H groups in total. The normalized spacial score (nSPS) is 24.0. The van der Waals surface area contributed by atoms with Gasteiger partial charge in [-0.05, 0) is 41.0 Å². The molecule has 1 heterocycles. The standard InChI is InChI=1S/C24H28O7/c1-14(25)31-24-11-16-9-21(28-4)22(29-5)10-17(16)23(18(24)12-30-13-24)15-6-7-19(26-2)20(8-15)27-3/h6-10,18,23H,11-13H2,1-5H3/t18-,23+,24-/m1/s1. The molecule has 4 rings (SSSR count). The van der Waals surface area contributed by atoms with Crippen molar-refractivity contribution in [1.82, 2.24) is 0 Å². The summed E-state index contributed by atoms with van der Waals surface area (Å²) in [6, 6.07) is 9.89. The lowest BCUT2D eigenvalue weighted by atomic mass is 9.65. The molecular formula is C24H28O7. The molecule has 2 aromatic rings. The molecule has 0 aromatic heterocycles. The van der Waals surface area contributed by atoms with Crippen LogP contribution < -0.4 is 18.9 Å². The van der Waals surface area contributed by atoms with E-state index >= 15 is 0 Å². The Labute approximate surface area is 182 Å². The predicted octanol–water partition coefficient (Wildman–Crippen LogP) is 3.36. The van der Waals surface area contributed by atoms with Gasteiger partial charge in [-0.1, -0.05) is 6.07 Å². The average molecular weight is 428 g/mol. The molecule has 1 aliphatic carbocycles. The highest BCUT2D eigenvalue weighted by molar-refractivity contribution is 5.67. The summed E-state index contributed by atoms with van der Waals surface area (Å²) in [4.78, 5) is 12.1. The molecule has 1 aliphatic heterocycles. The average Bonchev–Trinajstić information content (AvgIpc) is 3.17. The van der Waals surface area contributed by atoms with Gasteiger partial charge in [0, 0.05) is 25.2 Å². The number of ether oxygens (including phenoxy) is 6. The fourth-order valence-corrected chi connectivity index (χ4v) is 5.00. The zero-order valence-corrected chi connectivity index (χ0v) is 18.5. The van der Waals surface area contributed by atoms with Crippen LogP contribution in [0.25, 0.3) is 0 Å². The van der Waals surface area contributed by atoms with Gasteiger partial charge in [0.15, 0.2) is 23.0 Å². The van der Waals surface area contributed by atoms with Crippen LogP contribution in [0.1, 0.15) is 29.5 Å². The third-order valence-corrected chi connectivity index (χ3v) is 6.31. The topological polar surface area (TPSA) is 72.5 Å². The Morgan fingerprint density at radius 3 is 2.23 bits per heavy atom. The van der Waals surface area contributed by atoms with Gasteiger partial charge in [-0.2, -0.15) is 0 Å². The van der Waals surface area contributed by atoms with Crippen molar-refractivity contribution in [3.63, 3.8) is 0 Å². The summed E-state index contributed by atoms with van der Waals surface area (Å²) in [5.41, 5.74) is 2.43. The first kappa shape index (κ1) is 21.3. The molecule has 0 saturated carbocycles. The molecule has 3 atom stereocenters. The maximum absolute atomic E-state index is 12.1. The SMILES string of the molecule is COc1ccc([C@H]2c3cc(OC)c(OC)cc3C[C@@]3(OC(C)=O)COC[C@H]23)cc1OC. The monoisotopic (exact) mass is 428 g/mol. The number of carbonyl (C=O) groups excluding carboxylic acids is 1. The van der Waals surface area contributed by atoms with E-state index in [1.807, 2.05) is 30.3 Å². The lowest BCUT2D eigenvalue weighted by molar-refractivity contribution is -0.162. The van der Waals surface area contributed by atoms with E-state index in [4.69, 9.17) is 28.4 Å². The molecule has 1 fully saturated rings. The van der Waals surface area contributed by atoms with Crippen molar-refractivity contribution in [1.29, 1.82) is 0 Å². The van der Waals surface area contributed by atoms with Crippen molar-refractivity contribution < 1.29 is 33.2 Å². The fraction of sp³-hybridized carbons (Fsp3) is 0.458. The zero-order chi connectivity index (χ0) is 22.2. The highest BCUT2D eigenvalue weighted by Crippen LogP contribution is 2.53. The third-order valence-electron chi connectivity index (χ3n) is 6.31. The van der Waals surface area contributed by atoms with Crippen LogP contribution in [0.15, 0.2) is 30.3 Å². The summed E-state index contributed by atoms with van der Waals surface area (Å²) in [5, 5.41) is 0. The number of fused-ring (bicyclic) bond motifs is 2. The van der Waals surface area contributed by atoms with Crippen LogP contribution in [0.2, 0.25) is 0 Å². The largest absolute Gasteiger partial charge is 0.493 e. The zero-order valence-electron chi connectivity index (χ0n) is 18.5. The van der Waals surface area contributed by atoms with Gasteiger partial charge in [-0.15, -0.1) is 0 Å². The van der Waals surface area contributed by atoms with Crippen LogP contribution in [0.5, 0.6) is 23.0 Å². The van der Waals surface area contributed by atoms with Crippen LogP contribution in [0.3, 0.4) is 0 Å². The minimum absolute atomic E-state index is 0.0555. The quantitative estimate of drug-likeness (QED) is 0.654. The molecule has 0 bridgehead atoms. The molecule has 2 aromatic carbocycles. The van der Waals surface area contributed by atoms with Crippen LogP contribution in [-0.4, -0.2) is 53.2 Å². The van der Waals surface area contributed by atoms with Crippen molar-refractivity contribution >= 4 is 5.97 Å². The van der Waals surface area contributed by atoms with Gasteiger partial charge in [0.1, 0.15) is 5.60 Å². The summed E-state index contributed by atoms with van der Waals surface area (Å²) in [6.45, 7) is 2.29. The van der Waals surface area contributed by atoms with E-state index in [-0.39, 0.29) is 17.8 Å². The van der Waals surface area contributed by atoms with Crippen LogP contribution >= 0.6 is 0 Å². The van der Waals surface area contributed by atoms with Crippen LogP contribution in [0.4, 0.5) is 0 Å². The Morgan fingerprint density at radius 2 is 1.58 bits per heavy atom. The number of esters is 1.